The van der Waals surface area contributed by atoms with E-state index < -0.39 is 0 Å². The van der Waals surface area contributed by atoms with Crippen LogP contribution >= 0.6 is 22.6 Å². The average Bonchev–Trinajstić information content (AvgIpc) is 3.25. The number of hydrogen-bond acceptors (Lipinski definition) is 4. The van der Waals surface area contributed by atoms with Gasteiger partial charge in [-0.15, -0.1) is 0 Å². The van der Waals surface area contributed by atoms with E-state index in [9.17, 15) is 4.79 Å². The van der Waals surface area contributed by atoms with Crippen molar-refractivity contribution in [3.8, 4) is 28.4 Å². The monoisotopic (exact) mass is 565 g/mol. The van der Waals surface area contributed by atoms with E-state index in [2.05, 4.69) is 68.9 Å². The summed E-state index contributed by atoms with van der Waals surface area (Å²) in [4.78, 5) is 12.6. The maximum absolute atomic E-state index is 12.6. The zero-order valence-electron chi connectivity index (χ0n) is 19.1. The number of rotatable bonds is 7. The zero-order chi connectivity index (χ0) is 24.1. The molecule has 4 rings (SSSR count). The highest BCUT2D eigenvalue weighted by Crippen LogP contribution is 2.32. The van der Waals surface area contributed by atoms with Gasteiger partial charge >= 0.3 is 0 Å². The van der Waals surface area contributed by atoms with Gasteiger partial charge in [-0.3, -0.25) is 4.79 Å². The summed E-state index contributed by atoms with van der Waals surface area (Å²) in [5, 5.41) is 4.11. The molecule has 0 atom stereocenters. The SMILES string of the molecule is COc1cc(I)cc(/C=N/NC(=O)c2ccc(-n3c(C)ccc3-c3ccccc3)cc2)c1OC. The summed E-state index contributed by atoms with van der Waals surface area (Å²) in [5.74, 6) is 0.862. The summed E-state index contributed by atoms with van der Waals surface area (Å²) in [5.41, 5.74) is 8.13. The quantitative estimate of drug-likeness (QED) is 0.174. The molecule has 4 aromatic rings. The number of carbonyl (C=O) groups is 1. The van der Waals surface area contributed by atoms with Crippen LogP contribution in [0.15, 0.2) is 84.0 Å². The Labute approximate surface area is 212 Å². The third-order valence-electron chi connectivity index (χ3n) is 5.38. The lowest BCUT2D eigenvalue weighted by Crippen LogP contribution is -2.17. The Morgan fingerprint density at radius 3 is 2.38 bits per heavy atom. The molecule has 0 radical (unpaired) electrons. The van der Waals surface area contributed by atoms with Crippen molar-refractivity contribution in [1.29, 1.82) is 0 Å². The number of ether oxygens (including phenoxy) is 2. The van der Waals surface area contributed by atoms with Gasteiger partial charge in [-0.1, -0.05) is 30.3 Å². The highest BCUT2D eigenvalue weighted by atomic mass is 127. The van der Waals surface area contributed by atoms with Crippen molar-refractivity contribution >= 4 is 34.7 Å². The first-order valence-electron chi connectivity index (χ1n) is 10.6. The molecule has 6 nitrogen and oxygen atoms in total. The highest BCUT2D eigenvalue weighted by Gasteiger charge is 2.12. The molecule has 172 valence electrons. The number of hydrazone groups is 1. The van der Waals surface area contributed by atoms with E-state index in [4.69, 9.17) is 9.47 Å². The van der Waals surface area contributed by atoms with Gasteiger partial charge in [0.25, 0.3) is 5.91 Å². The Kier molecular flexibility index (Phi) is 7.32. The van der Waals surface area contributed by atoms with Crippen molar-refractivity contribution in [2.24, 2.45) is 5.10 Å². The van der Waals surface area contributed by atoms with Crippen LogP contribution < -0.4 is 14.9 Å². The molecule has 1 N–H and O–H groups in total. The van der Waals surface area contributed by atoms with Crippen molar-refractivity contribution in [3.05, 3.63) is 99.3 Å². The summed E-state index contributed by atoms with van der Waals surface area (Å²) in [6.45, 7) is 2.07. The van der Waals surface area contributed by atoms with E-state index in [1.165, 1.54) is 0 Å². The Morgan fingerprint density at radius 1 is 0.971 bits per heavy atom. The fourth-order valence-electron chi connectivity index (χ4n) is 3.76. The maximum Gasteiger partial charge on any atom is 0.271 e. The number of carbonyl (C=O) groups excluding carboxylic acids is 1. The minimum Gasteiger partial charge on any atom is -0.493 e. The number of aromatic nitrogens is 1. The number of hydrogen-bond donors (Lipinski definition) is 1. The van der Waals surface area contributed by atoms with Crippen LogP contribution in [0.5, 0.6) is 11.5 Å². The van der Waals surface area contributed by atoms with E-state index in [1.54, 1.807) is 32.6 Å². The van der Waals surface area contributed by atoms with E-state index >= 15 is 0 Å². The summed E-state index contributed by atoms with van der Waals surface area (Å²) >= 11 is 2.19. The lowest BCUT2D eigenvalue weighted by atomic mass is 10.1. The molecule has 3 aromatic carbocycles. The topological polar surface area (TPSA) is 64.8 Å². The number of nitrogens with one attached hydrogen (secondary N) is 1. The Balaban J connectivity index is 1.52. The standard InChI is InChI=1S/C27H24IN3O3/c1-18-9-14-24(19-7-5-4-6-8-19)31(18)23-12-10-20(11-13-23)27(32)30-29-17-21-15-22(28)16-25(33-2)26(21)34-3/h4-17H,1-3H3,(H,30,32)/b29-17+. The van der Waals surface area contributed by atoms with Gasteiger partial charge in [-0.2, -0.15) is 5.10 Å². The van der Waals surface area contributed by atoms with E-state index in [0.717, 1.165) is 26.2 Å². The first kappa shape index (κ1) is 23.6. The maximum atomic E-state index is 12.6. The zero-order valence-corrected chi connectivity index (χ0v) is 21.2. The predicted molar refractivity (Wildman–Crippen MR) is 143 cm³/mol. The van der Waals surface area contributed by atoms with E-state index in [0.29, 0.717) is 22.6 Å². The molecule has 1 heterocycles. The number of amides is 1. The second-order valence-corrected chi connectivity index (χ2v) is 8.78. The summed E-state index contributed by atoms with van der Waals surface area (Å²) in [7, 11) is 3.15. The molecule has 0 aliphatic heterocycles. The number of nitrogens with zero attached hydrogens (tertiary/aromatic N) is 2. The van der Waals surface area contributed by atoms with Gasteiger partial charge in [0.05, 0.1) is 26.1 Å². The fraction of sp³-hybridized carbons (Fsp3) is 0.111. The van der Waals surface area contributed by atoms with Gasteiger partial charge in [-0.05, 0) is 83.6 Å². The number of methoxy groups -OCH3 is 2. The van der Waals surface area contributed by atoms with E-state index in [-0.39, 0.29) is 5.91 Å². The number of benzene rings is 3. The second kappa shape index (κ2) is 10.6. The minimum atomic E-state index is -0.299. The molecule has 0 spiro atoms. The lowest BCUT2D eigenvalue weighted by molar-refractivity contribution is 0.0955. The fourth-order valence-corrected chi connectivity index (χ4v) is 4.38. The van der Waals surface area contributed by atoms with Crippen molar-refractivity contribution in [2.45, 2.75) is 6.92 Å². The van der Waals surface area contributed by atoms with Crippen LogP contribution in [0.25, 0.3) is 16.9 Å². The van der Waals surface area contributed by atoms with Crippen molar-refractivity contribution in [2.75, 3.05) is 14.2 Å². The summed E-state index contributed by atoms with van der Waals surface area (Å²) in [6.07, 6.45) is 1.55. The average molecular weight is 565 g/mol. The van der Waals surface area contributed by atoms with Gasteiger partial charge in [0.2, 0.25) is 0 Å². The molecule has 34 heavy (non-hydrogen) atoms. The number of halogens is 1. The van der Waals surface area contributed by atoms with Gasteiger partial charge < -0.3 is 14.0 Å². The molecule has 0 unspecified atom stereocenters. The molecule has 0 aliphatic rings. The van der Waals surface area contributed by atoms with Crippen LogP contribution in [0.3, 0.4) is 0 Å². The van der Waals surface area contributed by atoms with Crippen molar-refractivity contribution in [3.63, 3.8) is 0 Å². The van der Waals surface area contributed by atoms with Crippen LogP contribution in [0.2, 0.25) is 0 Å². The third kappa shape index (κ3) is 4.99. The van der Waals surface area contributed by atoms with Crippen LogP contribution in [0.4, 0.5) is 0 Å². The van der Waals surface area contributed by atoms with E-state index in [1.807, 2.05) is 42.5 Å². The smallest absolute Gasteiger partial charge is 0.271 e. The molecule has 7 heteroatoms. The Hall–Kier alpha value is -3.59. The molecule has 0 saturated heterocycles. The van der Waals surface area contributed by atoms with Crippen molar-refractivity contribution in [1.82, 2.24) is 9.99 Å². The van der Waals surface area contributed by atoms with Crippen molar-refractivity contribution < 1.29 is 14.3 Å². The molecule has 0 saturated carbocycles. The van der Waals surface area contributed by atoms with Crippen LogP contribution in [0, 0.1) is 10.5 Å². The predicted octanol–water partition coefficient (Wildman–Crippen LogP) is 5.84. The van der Waals surface area contributed by atoms with Gasteiger partial charge in [0.1, 0.15) is 0 Å². The van der Waals surface area contributed by atoms with Crippen LogP contribution in [-0.2, 0) is 0 Å². The largest absolute Gasteiger partial charge is 0.493 e. The lowest BCUT2D eigenvalue weighted by Gasteiger charge is -2.13. The molecular weight excluding hydrogens is 541 g/mol. The first-order chi connectivity index (χ1) is 16.5. The first-order valence-corrected chi connectivity index (χ1v) is 11.7. The summed E-state index contributed by atoms with van der Waals surface area (Å²) in [6, 6.07) is 25.7. The third-order valence-corrected chi connectivity index (χ3v) is 6.00. The van der Waals surface area contributed by atoms with Gasteiger partial charge in [0.15, 0.2) is 11.5 Å². The molecular formula is C27H24IN3O3. The molecule has 1 amide bonds. The summed E-state index contributed by atoms with van der Waals surface area (Å²) < 4.78 is 13.9. The van der Waals surface area contributed by atoms with Gasteiger partial charge in [-0.25, -0.2) is 5.43 Å². The molecule has 0 fully saturated rings. The minimum absolute atomic E-state index is 0.299. The Morgan fingerprint density at radius 2 is 1.71 bits per heavy atom. The van der Waals surface area contributed by atoms with Crippen LogP contribution in [0.1, 0.15) is 21.6 Å². The second-order valence-electron chi connectivity index (χ2n) is 7.54. The molecule has 0 bridgehead atoms. The Bertz CT molecular complexity index is 1330. The molecule has 0 aliphatic carbocycles. The molecule has 1 aromatic heterocycles. The van der Waals surface area contributed by atoms with Gasteiger partial charge in [0, 0.05) is 26.1 Å². The van der Waals surface area contributed by atoms with Crippen LogP contribution in [-0.4, -0.2) is 30.9 Å². The normalized spacial score (nSPS) is 10.9. The highest BCUT2D eigenvalue weighted by molar-refractivity contribution is 14.1. The number of aryl methyl sites for hydroxylation is 1.